The molecule has 72 valence electrons. The Kier molecular flexibility index (Phi) is 3.53. The van der Waals surface area contributed by atoms with E-state index < -0.39 is 0 Å². The molecule has 1 saturated heterocycles. The normalized spacial score (nSPS) is 32.8. The van der Waals surface area contributed by atoms with Gasteiger partial charge in [-0.2, -0.15) is 0 Å². The molecule has 1 rings (SSSR count). The van der Waals surface area contributed by atoms with Crippen LogP contribution in [0.5, 0.6) is 0 Å². The highest BCUT2D eigenvalue weighted by Gasteiger charge is 2.29. The lowest BCUT2D eigenvalue weighted by atomic mass is 9.88. The molecule has 12 heavy (non-hydrogen) atoms. The fourth-order valence-corrected chi connectivity index (χ4v) is 2.48. The highest BCUT2D eigenvalue weighted by atomic mass is 15.2. The first-order valence-corrected chi connectivity index (χ1v) is 5.04. The minimum atomic E-state index is 0.698. The van der Waals surface area contributed by atoms with Crippen LogP contribution in [0, 0.1) is 5.92 Å². The molecule has 0 aromatic carbocycles. The van der Waals surface area contributed by atoms with Crippen molar-refractivity contribution in [1.29, 1.82) is 0 Å². The average molecular weight is 170 g/mol. The maximum Gasteiger partial charge on any atom is 0.0269 e. The molecule has 1 aliphatic heterocycles. The van der Waals surface area contributed by atoms with Crippen LogP contribution in [0.15, 0.2) is 0 Å². The number of hydrogen-bond acceptors (Lipinski definition) is 2. The third-order valence-corrected chi connectivity index (χ3v) is 3.00. The second-order valence-corrected chi connectivity index (χ2v) is 4.25. The van der Waals surface area contributed by atoms with Crippen molar-refractivity contribution in [1.82, 2.24) is 10.2 Å². The van der Waals surface area contributed by atoms with Gasteiger partial charge in [0, 0.05) is 12.1 Å². The third kappa shape index (κ3) is 1.99. The summed E-state index contributed by atoms with van der Waals surface area (Å²) in [6, 6.07) is 1.42. The molecular formula is C10H22N2. The molecule has 0 bridgehead atoms. The quantitative estimate of drug-likeness (QED) is 0.672. The van der Waals surface area contributed by atoms with Crippen molar-refractivity contribution in [3.8, 4) is 0 Å². The zero-order chi connectivity index (χ0) is 9.14. The first kappa shape index (κ1) is 10.0. The molecule has 0 aliphatic carbocycles. The van der Waals surface area contributed by atoms with Crippen LogP contribution < -0.4 is 5.32 Å². The van der Waals surface area contributed by atoms with E-state index in [2.05, 4.69) is 38.2 Å². The molecule has 1 N–H and O–H groups in total. The molecule has 0 radical (unpaired) electrons. The molecule has 1 aliphatic rings. The molecule has 2 nitrogen and oxygen atoms in total. The Balaban J connectivity index is 2.59. The van der Waals surface area contributed by atoms with E-state index in [1.165, 1.54) is 19.4 Å². The molecule has 0 aromatic rings. The van der Waals surface area contributed by atoms with Crippen molar-refractivity contribution < 1.29 is 0 Å². The fraction of sp³-hybridized carbons (Fsp3) is 1.00. The summed E-state index contributed by atoms with van der Waals surface area (Å²) in [6.07, 6.45) is 2.68. The molecule has 0 spiro atoms. The van der Waals surface area contributed by atoms with Gasteiger partial charge in [-0.3, -0.25) is 0 Å². The maximum atomic E-state index is 3.42. The van der Waals surface area contributed by atoms with Gasteiger partial charge in [0.2, 0.25) is 0 Å². The molecule has 0 saturated carbocycles. The Hall–Kier alpha value is -0.0800. The number of piperidine rings is 1. The van der Waals surface area contributed by atoms with Gasteiger partial charge in [0.1, 0.15) is 0 Å². The summed E-state index contributed by atoms with van der Waals surface area (Å²) in [6.45, 7) is 5.90. The SMILES string of the molecule is CNC1CCCN(C)C1C(C)C. The van der Waals surface area contributed by atoms with Gasteiger partial charge in [0.25, 0.3) is 0 Å². The van der Waals surface area contributed by atoms with Gasteiger partial charge in [0.05, 0.1) is 0 Å². The summed E-state index contributed by atoms with van der Waals surface area (Å²) in [5.74, 6) is 0.757. The first-order valence-electron chi connectivity index (χ1n) is 5.04. The van der Waals surface area contributed by atoms with E-state index in [1.807, 2.05) is 0 Å². The lowest BCUT2D eigenvalue weighted by Crippen LogP contribution is -2.53. The van der Waals surface area contributed by atoms with Crippen LogP contribution in [-0.4, -0.2) is 37.6 Å². The standard InChI is InChI=1S/C10H22N2/c1-8(2)10-9(11-3)6-5-7-12(10)4/h8-11H,5-7H2,1-4H3. The monoisotopic (exact) mass is 170 g/mol. The van der Waals surface area contributed by atoms with Crippen LogP contribution in [0.4, 0.5) is 0 Å². The van der Waals surface area contributed by atoms with Gasteiger partial charge in [-0.1, -0.05) is 13.8 Å². The molecule has 1 heterocycles. The maximum absolute atomic E-state index is 3.42. The average Bonchev–Trinajstić information content (AvgIpc) is 2.03. The minimum absolute atomic E-state index is 0.698. The second kappa shape index (κ2) is 4.24. The molecule has 1 fully saturated rings. The Labute approximate surface area is 76.3 Å². The predicted octanol–water partition coefficient (Wildman–Crippen LogP) is 1.32. The van der Waals surface area contributed by atoms with Crippen LogP contribution in [0.3, 0.4) is 0 Å². The highest BCUT2D eigenvalue weighted by Crippen LogP contribution is 2.21. The van der Waals surface area contributed by atoms with Gasteiger partial charge in [-0.25, -0.2) is 0 Å². The largest absolute Gasteiger partial charge is 0.315 e. The van der Waals surface area contributed by atoms with Crippen molar-refractivity contribution in [2.24, 2.45) is 5.92 Å². The summed E-state index contributed by atoms with van der Waals surface area (Å²) >= 11 is 0. The number of likely N-dealkylation sites (tertiary alicyclic amines) is 1. The van der Waals surface area contributed by atoms with Crippen molar-refractivity contribution in [3.63, 3.8) is 0 Å². The second-order valence-electron chi connectivity index (χ2n) is 4.25. The van der Waals surface area contributed by atoms with E-state index in [4.69, 9.17) is 0 Å². The Morgan fingerprint density at radius 2 is 2.08 bits per heavy atom. The Morgan fingerprint density at radius 1 is 1.42 bits per heavy atom. The summed E-state index contributed by atoms with van der Waals surface area (Å²) in [7, 11) is 4.33. The van der Waals surface area contributed by atoms with E-state index in [-0.39, 0.29) is 0 Å². The predicted molar refractivity (Wildman–Crippen MR) is 53.3 cm³/mol. The van der Waals surface area contributed by atoms with E-state index in [9.17, 15) is 0 Å². The molecule has 2 atom stereocenters. The molecule has 2 heteroatoms. The first-order chi connectivity index (χ1) is 5.66. The van der Waals surface area contributed by atoms with Gasteiger partial charge in [-0.15, -0.1) is 0 Å². The number of nitrogens with one attached hydrogen (secondary N) is 1. The lowest BCUT2D eigenvalue weighted by molar-refractivity contribution is 0.108. The van der Waals surface area contributed by atoms with Crippen LogP contribution in [0.25, 0.3) is 0 Å². The zero-order valence-corrected chi connectivity index (χ0v) is 8.80. The van der Waals surface area contributed by atoms with E-state index in [0.29, 0.717) is 6.04 Å². The topological polar surface area (TPSA) is 15.3 Å². The molecular weight excluding hydrogens is 148 g/mol. The van der Waals surface area contributed by atoms with Crippen LogP contribution in [0.2, 0.25) is 0 Å². The smallest absolute Gasteiger partial charge is 0.0269 e. The van der Waals surface area contributed by atoms with E-state index >= 15 is 0 Å². The van der Waals surface area contributed by atoms with Crippen LogP contribution in [-0.2, 0) is 0 Å². The summed E-state index contributed by atoms with van der Waals surface area (Å²) in [5, 5.41) is 3.42. The molecule has 2 unspecified atom stereocenters. The van der Waals surface area contributed by atoms with Crippen molar-refractivity contribution in [2.75, 3.05) is 20.6 Å². The van der Waals surface area contributed by atoms with E-state index in [0.717, 1.165) is 12.0 Å². The third-order valence-electron chi connectivity index (χ3n) is 3.00. The Morgan fingerprint density at radius 3 is 2.50 bits per heavy atom. The highest BCUT2D eigenvalue weighted by molar-refractivity contribution is 4.88. The molecule has 0 amide bonds. The van der Waals surface area contributed by atoms with Gasteiger partial charge in [-0.05, 0) is 39.4 Å². The van der Waals surface area contributed by atoms with Crippen LogP contribution in [0.1, 0.15) is 26.7 Å². The van der Waals surface area contributed by atoms with Crippen molar-refractivity contribution in [2.45, 2.75) is 38.8 Å². The van der Waals surface area contributed by atoms with E-state index in [1.54, 1.807) is 0 Å². The van der Waals surface area contributed by atoms with Crippen molar-refractivity contribution >= 4 is 0 Å². The summed E-state index contributed by atoms with van der Waals surface area (Å²) in [5.41, 5.74) is 0. The number of hydrogen-bond donors (Lipinski definition) is 1. The number of rotatable bonds is 2. The van der Waals surface area contributed by atoms with Gasteiger partial charge >= 0.3 is 0 Å². The minimum Gasteiger partial charge on any atom is -0.315 e. The van der Waals surface area contributed by atoms with Gasteiger partial charge in [0.15, 0.2) is 0 Å². The van der Waals surface area contributed by atoms with Crippen LogP contribution >= 0.6 is 0 Å². The fourth-order valence-electron chi connectivity index (χ4n) is 2.48. The molecule has 0 aromatic heterocycles. The number of nitrogens with zero attached hydrogens (tertiary/aromatic N) is 1. The number of likely N-dealkylation sites (N-methyl/N-ethyl adjacent to an activating group) is 2. The summed E-state index contributed by atoms with van der Waals surface area (Å²) in [4.78, 5) is 2.50. The van der Waals surface area contributed by atoms with Gasteiger partial charge < -0.3 is 10.2 Å². The summed E-state index contributed by atoms with van der Waals surface area (Å²) < 4.78 is 0. The van der Waals surface area contributed by atoms with Crippen molar-refractivity contribution in [3.05, 3.63) is 0 Å². The lowest BCUT2D eigenvalue weighted by Gasteiger charge is -2.41. The zero-order valence-electron chi connectivity index (χ0n) is 8.80. The Bertz CT molecular complexity index is 134.